The van der Waals surface area contributed by atoms with Crippen molar-refractivity contribution in [2.75, 3.05) is 0 Å². The molecule has 0 unspecified atom stereocenters. The highest BCUT2D eigenvalue weighted by Crippen LogP contribution is 2.24. The van der Waals surface area contributed by atoms with Crippen LogP contribution in [0.15, 0.2) is 18.5 Å². The van der Waals surface area contributed by atoms with E-state index in [-0.39, 0.29) is 0 Å². The van der Waals surface area contributed by atoms with Gasteiger partial charge in [0.1, 0.15) is 12.1 Å². The van der Waals surface area contributed by atoms with Crippen LogP contribution in [0.1, 0.15) is 22.4 Å². The standard InChI is InChI=1S/C15H19N5/c1-9-5-13-14(6-10(9)2)20(8-17-13)15-12(7-16)11(3)18-19(15)4/h5-6,8H,7,16H2,1-4H3. The Bertz CT molecular complexity index is 794. The van der Waals surface area contributed by atoms with Gasteiger partial charge in [-0.1, -0.05) is 0 Å². The fraction of sp³-hybridized carbons (Fsp3) is 0.333. The average Bonchev–Trinajstić information content (AvgIpc) is 2.90. The first-order valence-electron chi connectivity index (χ1n) is 6.70. The molecule has 0 saturated heterocycles. The zero-order valence-corrected chi connectivity index (χ0v) is 12.3. The van der Waals surface area contributed by atoms with Gasteiger partial charge in [0, 0.05) is 19.2 Å². The Labute approximate surface area is 118 Å². The molecule has 104 valence electrons. The molecule has 0 spiro atoms. The number of imidazole rings is 1. The van der Waals surface area contributed by atoms with Crippen molar-refractivity contribution in [1.29, 1.82) is 0 Å². The van der Waals surface area contributed by atoms with E-state index in [1.165, 1.54) is 11.1 Å². The number of fused-ring (bicyclic) bond motifs is 1. The zero-order valence-electron chi connectivity index (χ0n) is 12.3. The first kappa shape index (κ1) is 12.9. The molecule has 0 aliphatic carbocycles. The number of rotatable bonds is 2. The van der Waals surface area contributed by atoms with Crippen LogP contribution in [0.4, 0.5) is 0 Å². The maximum absolute atomic E-state index is 5.88. The third kappa shape index (κ3) is 1.74. The van der Waals surface area contributed by atoms with Crippen molar-refractivity contribution in [3.05, 3.63) is 40.8 Å². The van der Waals surface area contributed by atoms with Crippen molar-refractivity contribution in [2.24, 2.45) is 12.8 Å². The summed E-state index contributed by atoms with van der Waals surface area (Å²) in [7, 11) is 1.94. The summed E-state index contributed by atoms with van der Waals surface area (Å²) in [4.78, 5) is 4.50. The maximum atomic E-state index is 5.88. The molecule has 0 saturated carbocycles. The number of nitrogens with two attached hydrogens (primary N) is 1. The quantitative estimate of drug-likeness (QED) is 0.775. The Kier molecular flexibility index (Phi) is 2.87. The molecule has 0 bridgehead atoms. The molecule has 5 heteroatoms. The minimum Gasteiger partial charge on any atom is -0.326 e. The molecule has 2 heterocycles. The Morgan fingerprint density at radius 2 is 1.85 bits per heavy atom. The zero-order chi connectivity index (χ0) is 14.4. The minimum absolute atomic E-state index is 0.472. The van der Waals surface area contributed by atoms with Gasteiger partial charge in [-0.3, -0.25) is 9.25 Å². The topological polar surface area (TPSA) is 61.7 Å². The maximum Gasteiger partial charge on any atom is 0.141 e. The van der Waals surface area contributed by atoms with Gasteiger partial charge < -0.3 is 5.73 Å². The van der Waals surface area contributed by atoms with Crippen molar-refractivity contribution in [3.8, 4) is 5.82 Å². The number of hydrogen-bond donors (Lipinski definition) is 1. The lowest BCUT2D eigenvalue weighted by atomic mass is 10.1. The lowest BCUT2D eigenvalue weighted by molar-refractivity contribution is 0.725. The van der Waals surface area contributed by atoms with E-state index < -0.39 is 0 Å². The second-order valence-electron chi connectivity index (χ2n) is 5.26. The SMILES string of the molecule is Cc1cc2ncn(-c3c(CN)c(C)nn3C)c2cc1C. The number of aryl methyl sites for hydroxylation is 4. The molecule has 2 N–H and O–H groups in total. The fourth-order valence-electron chi connectivity index (χ4n) is 2.66. The van der Waals surface area contributed by atoms with Gasteiger partial charge in [0.05, 0.1) is 16.7 Å². The van der Waals surface area contributed by atoms with E-state index in [4.69, 9.17) is 5.73 Å². The third-order valence-corrected chi connectivity index (χ3v) is 3.91. The summed E-state index contributed by atoms with van der Waals surface area (Å²) in [6.07, 6.45) is 1.85. The predicted octanol–water partition coefficient (Wildman–Crippen LogP) is 2.14. The molecule has 5 nitrogen and oxygen atoms in total. The number of nitrogens with zero attached hydrogens (tertiary/aromatic N) is 4. The molecule has 0 radical (unpaired) electrons. The third-order valence-electron chi connectivity index (χ3n) is 3.91. The van der Waals surface area contributed by atoms with Crippen molar-refractivity contribution in [3.63, 3.8) is 0 Å². The van der Waals surface area contributed by atoms with E-state index >= 15 is 0 Å². The van der Waals surface area contributed by atoms with E-state index in [1.807, 2.05) is 25.0 Å². The average molecular weight is 269 g/mol. The van der Waals surface area contributed by atoms with E-state index in [0.29, 0.717) is 6.54 Å². The molecule has 0 aliphatic rings. The summed E-state index contributed by atoms with van der Waals surface area (Å²) in [6, 6.07) is 4.28. The minimum atomic E-state index is 0.472. The van der Waals surface area contributed by atoms with Crippen LogP contribution in [0.25, 0.3) is 16.9 Å². The van der Waals surface area contributed by atoms with Crippen LogP contribution < -0.4 is 5.73 Å². The largest absolute Gasteiger partial charge is 0.326 e. The van der Waals surface area contributed by atoms with Crippen molar-refractivity contribution in [1.82, 2.24) is 19.3 Å². The molecule has 0 amide bonds. The van der Waals surface area contributed by atoms with E-state index in [1.54, 1.807) is 0 Å². The summed E-state index contributed by atoms with van der Waals surface area (Å²) < 4.78 is 3.94. The highest BCUT2D eigenvalue weighted by Gasteiger charge is 2.16. The van der Waals surface area contributed by atoms with Gasteiger partial charge in [0.2, 0.25) is 0 Å². The molecule has 1 aromatic carbocycles. The van der Waals surface area contributed by atoms with Gasteiger partial charge in [-0.2, -0.15) is 5.10 Å². The first-order valence-corrected chi connectivity index (χ1v) is 6.70. The van der Waals surface area contributed by atoms with Gasteiger partial charge in [0.15, 0.2) is 0 Å². The van der Waals surface area contributed by atoms with Crippen LogP contribution >= 0.6 is 0 Å². The second kappa shape index (κ2) is 4.45. The summed E-state index contributed by atoms with van der Waals surface area (Å²) in [5.74, 6) is 0.996. The molecule has 0 atom stereocenters. The summed E-state index contributed by atoms with van der Waals surface area (Å²) in [5, 5.41) is 4.47. The van der Waals surface area contributed by atoms with Gasteiger partial charge in [-0.15, -0.1) is 0 Å². The monoisotopic (exact) mass is 269 g/mol. The molecule has 0 aliphatic heterocycles. The summed E-state index contributed by atoms with van der Waals surface area (Å²) in [6.45, 7) is 6.68. The van der Waals surface area contributed by atoms with E-state index in [0.717, 1.165) is 28.1 Å². The Morgan fingerprint density at radius 3 is 2.55 bits per heavy atom. The van der Waals surface area contributed by atoms with Crippen molar-refractivity contribution in [2.45, 2.75) is 27.3 Å². The van der Waals surface area contributed by atoms with E-state index in [9.17, 15) is 0 Å². The highest BCUT2D eigenvalue weighted by atomic mass is 15.3. The number of benzene rings is 1. The van der Waals surface area contributed by atoms with Gasteiger partial charge in [-0.25, -0.2) is 4.98 Å². The lowest BCUT2D eigenvalue weighted by Gasteiger charge is -2.08. The highest BCUT2D eigenvalue weighted by molar-refractivity contribution is 5.79. The van der Waals surface area contributed by atoms with Crippen LogP contribution in [0.3, 0.4) is 0 Å². The van der Waals surface area contributed by atoms with E-state index in [2.05, 4.69) is 40.6 Å². The van der Waals surface area contributed by atoms with Crippen LogP contribution in [-0.4, -0.2) is 19.3 Å². The Balaban J connectivity index is 2.33. The molecule has 2 aromatic heterocycles. The van der Waals surface area contributed by atoms with Crippen LogP contribution in [0, 0.1) is 20.8 Å². The molecule has 20 heavy (non-hydrogen) atoms. The van der Waals surface area contributed by atoms with Crippen molar-refractivity contribution < 1.29 is 0 Å². The Hall–Kier alpha value is -2.14. The summed E-state index contributed by atoms with van der Waals surface area (Å²) in [5.41, 5.74) is 12.5. The lowest BCUT2D eigenvalue weighted by Crippen LogP contribution is -2.07. The van der Waals surface area contributed by atoms with Crippen LogP contribution in [0.2, 0.25) is 0 Å². The van der Waals surface area contributed by atoms with Gasteiger partial charge >= 0.3 is 0 Å². The molecular formula is C15H19N5. The number of hydrogen-bond acceptors (Lipinski definition) is 3. The van der Waals surface area contributed by atoms with Crippen LogP contribution in [0.5, 0.6) is 0 Å². The fourth-order valence-corrected chi connectivity index (χ4v) is 2.66. The van der Waals surface area contributed by atoms with Crippen molar-refractivity contribution >= 4 is 11.0 Å². The molecule has 0 fully saturated rings. The second-order valence-corrected chi connectivity index (χ2v) is 5.26. The van der Waals surface area contributed by atoms with Gasteiger partial charge in [0.25, 0.3) is 0 Å². The molecule has 3 rings (SSSR count). The Morgan fingerprint density at radius 1 is 1.15 bits per heavy atom. The predicted molar refractivity (Wildman–Crippen MR) is 79.9 cm³/mol. The summed E-state index contributed by atoms with van der Waals surface area (Å²) >= 11 is 0. The first-order chi connectivity index (χ1) is 9.52. The number of aromatic nitrogens is 4. The smallest absolute Gasteiger partial charge is 0.141 e. The van der Waals surface area contributed by atoms with Crippen LogP contribution in [-0.2, 0) is 13.6 Å². The normalized spacial score (nSPS) is 11.4. The molecule has 3 aromatic rings. The molecular weight excluding hydrogens is 250 g/mol. The van der Waals surface area contributed by atoms with Gasteiger partial charge in [-0.05, 0) is 44.0 Å².